The summed E-state index contributed by atoms with van der Waals surface area (Å²) in [6.07, 6.45) is 2.23. The molecule has 2 N–H and O–H groups in total. The Morgan fingerprint density at radius 3 is 2.74 bits per heavy atom. The maximum absolute atomic E-state index is 13.5. The summed E-state index contributed by atoms with van der Waals surface area (Å²) < 4.78 is 38.2. The molecule has 1 rings (SSSR count). The smallest absolute Gasteiger partial charge is 0.328 e. The zero-order valence-corrected chi connectivity index (χ0v) is 11.1. The summed E-state index contributed by atoms with van der Waals surface area (Å²) in [4.78, 5) is 10.4. The molecule has 5 nitrogen and oxygen atoms in total. The van der Waals surface area contributed by atoms with E-state index in [0.29, 0.717) is 5.56 Å². The van der Waals surface area contributed by atoms with Gasteiger partial charge in [0, 0.05) is 18.2 Å². The lowest BCUT2D eigenvalue weighted by molar-refractivity contribution is -0.131. The quantitative estimate of drug-likeness (QED) is 0.774. The zero-order chi connectivity index (χ0) is 14.5. The first-order valence-corrected chi connectivity index (χ1v) is 7.16. The first-order chi connectivity index (χ1) is 8.84. The Labute approximate surface area is 110 Å². The second-order valence-electron chi connectivity index (χ2n) is 3.75. The fourth-order valence-corrected chi connectivity index (χ4v) is 1.87. The molecule has 0 atom stereocenters. The van der Waals surface area contributed by atoms with Crippen molar-refractivity contribution >= 4 is 22.1 Å². The van der Waals surface area contributed by atoms with Crippen LogP contribution in [0.2, 0.25) is 0 Å². The van der Waals surface area contributed by atoms with Gasteiger partial charge in [-0.1, -0.05) is 6.07 Å². The summed E-state index contributed by atoms with van der Waals surface area (Å²) in [5, 5.41) is 8.49. The minimum absolute atomic E-state index is 0.0901. The molecule has 0 spiro atoms. The molecule has 0 aliphatic carbocycles. The number of halogens is 1. The fraction of sp³-hybridized carbons (Fsp3) is 0.250. The second-order valence-corrected chi connectivity index (χ2v) is 5.84. The molecule has 0 aromatic heterocycles. The molecule has 104 valence electrons. The van der Waals surface area contributed by atoms with Gasteiger partial charge in [-0.25, -0.2) is 22.3 Å². The van der Waals surface area contributed by atoms with E-state index in [-0.39, 0.29) is 17.9 Å². The van der Waals surface area contributed by atoms with Crippen molar-refractivity contribution in [2.45, 2.75) is 13.5 Å². The van der Waals surface area contributed by atoms with Crippen molar-refractivity contribution in [2.24, 2.45) is 0 Å². The second kappa shape index (κ2) is 6.44. The highest BCUT2D eigenvalue weighted by Crippen LogP contribution is 2.12. The fourth-order valence-electron chi connectivity index (χ4n) is 1.29. The molecule has 0 aliphatic rings. The number of hydrogen-bond acceptors (Lipinski definition) is 3. The molecule has 19 heavy (non-hydrogen) atoms. The van der Waals surface area contributed by atoms with E-state index >= 15 is 0 Å². The van der Waals surface area contributed by atoms with Gasteiger partial charge in [-0.05, 0) is 30.7 Å². The van der Waals surface area contributed by atoms with Crippen molar-refractivity contribution in [1.29, 1.82) is 0 Å². The molecule has 0 saturated carbocycles. The molecule has 0 aliphatic heterocycles. The number of rotatable bonds is 6. The Morgan fingerprint density at radius 2 is 2.16 bits per heavy atom. The van der Waals surface area contributed by atoms with Gasteiger partial charge in [0.15, 0.2) is 0 Å². The van der Waals surface area contributed by atoms with Gasteiger partial charge in [0.25, 0.3) is 0 Å². The number of hydrogen-bond donors (Lipinski definition) is 2. The van der Waals surface area contributed by atoms with Crippen LogP contribution >= 0.6 is 0 Å². The van der Waals surface area contributed by atoms with E-state index < -0.39 is 21.8 Å². The molecule has 1 aromatic rings. The molecule has 0 radical (unpaired) electrons. The standard InChI is InChI=1S/C12H14FNO4S/c1-2-19(17,18)14-8-10-7-9(3-5-11(10)13)4-6-12(15)16/h3-7,14H,2,8H2,1H3,(H,15,16). The molecule has 0 fully saturated rings. The lowest BCUT2D eigenvalue weighted by atomic mass is 10.1. The Morgan fingerprint density at radius 1 is 1.47 bits per heavy atom. The Hall–Kier alpha value is -1.73. The monoisotopic (exact) mass is 287 g/mol. The van der Waals surface area contributed by atoms with E-state index in [0.717, 1.165) is 12.1 Å². The van der Waals surface area contributed by atoms with E-state index in [2.05, 4.69) is 4.72 Å². The Bertz CT molecular complexity index is 596. The van der Waals surface area contributed by atoms with Gasteiger partial charge in [0.2, 0.25) is 10.0 Å². The average Bonchev–Trinajstić information content (AvgIpc) is 2.36. The average molecular weight is 287 g/mol. The van der Waals surface area contributed by atoms with Gasteiger partial charge in [-0.2, -0.15) is 0 Å². The van der Waals surface area contributed by atoms with Crippen LogP contribution < -0.4 is 4.72 Å². The van der Waals surface area contributed by atoms with Gasteiger partial charge in [0.1, 0.15) is 5.82 Å². The van der Waals surface area contributed by atoms with Gasteiger partial charge < -0.3 is 5.11 Å². The van der Waals surface area contributed by atoms with E-state index in [1.807, 2.05) is 0 Å². The van der Waals surface area contributed by atoms with Crippen LogP contribution in [0.4, 0.5) is 4.39 Å². The molecule has 0 heterocycles. The predicted molar refractivity (Wildman–Crippen MR) is 69.4 cm³/mol. The predicted octanol–water partition coefficient (Wildman–Crippen LogP) is 1.36. The summed E-state index contributed by atoms with van der Waals surface area (Å²) >= 11 is 0. The first kappa shape index (κ1) is 15.3. The Kier molecular flexibility index (Phi) is 5.20. The lowest BCUT2D eigenvalue weighted by Crippen LogP contribution is -2.25. The zero-order valence-electron chi connectivity index (χ0n) is 10.3. The van der Waals surface area contributed by atoms with Crippen molar-refractivity contribution in [3.63, 3.8) is 0 Å². The number of benzene rings is 1. The van der Waals surface area contributed by atoms with Crippen LogP contribution in [0.5, 0.6) is 0 Å². The van der Waals surface area contributed by atoms with Crippen molar-refractivity contribution in [2.75, 3.05) is 5.75 Å². The van der Waals surface area contributed by atoms with Crippen LogP contribution in [-0.4, -0.2) is 25.2 Å². The van der Waals surface area contributed by atoms with Crippen molar-refractivity contribution < 1.29 is 22.7 Å². The summed E-state index contributed by atoms with van der Waals surface area (Å²) in [7, 11) is -3.40. The minimum atomic E-state index is -3.40. The maximum atomic E-state index is 13.5. The third kappa shape index (κ3) is 5.19. The first-order valence-electron chi connectivity index (χ1n) is 5.51. The molecular formula is C12H14FNO4S. The van der Waals surface area contributed by atoms with Gasteiger partial charge >= 0.3 is 5.97 Å². The van der Waals surface area contributed by atoms with Gasteiger partial charge in [-0.15, -0.1) is 0 Å². The van der Waals surface area contributed by atoms with E-state index in [1.54, 1.807) is 0 Å². The third-order valence-corrected chi connectivity index (χ3v) is 3.69. The molecule has 1 aromatic carbocycles. The summed E-state index contributed by atoms with van der Waals surface area (Å²) in [5.74, 6) is -1.75. The SMILES string of the molecule is CCS(=O)(=O)NCc1cc(C=CC(=O)O)ccc1F. The Balaban J connectivity index is 2.89. The van der Waals surface area contributed by atoms with Gasteiger partial charge in [0.05, 0.1) is 5.75 Å². The lowest BCUT2D eigenvalue weighted by Gasteiger charge is -2.06. The van der Waals surface area contributed by atoms with Crippen LogP contribution in [0.1, 0.15) is 18.1 Å². The number of aliphatic carboxylic acids is 1. The topological polar surface area (TPSA) is 83.5 Å². The van der Waals surface area contributed by atoms with Crippen LogP contribution in [0.25, 0.3) is 6.08 Å². The summed E-state index contributed by atoms with van der Waals surface area (Å²) in [6.45, 7) is 1.31. The number of nitrogens with one attached hydrogen (secondary N) is 1. The highest BCUT2D eigenvalue weighted by molar-refractivity contribution is 7.89. The largest absolute Gasteiger partial charge is 0.478 e. The van der Waals surface area contributed by atoms with E-state index in [9.17, 15) is 17.6 Å². The van der Waals surface area contributed by atoms with Crippen LogP contribution in [0.15, 0.2) is 24.3 Å². The van der Waals surface area contributed by atoms with Crippen LogP contribution in [0, 0.1) is 5.82 Å². The molecule has 0 bridgehead atoms. The normalized spacial score (nSPS) is 11.9. The molecular weight excluding hydrogens is 273 g/mol. The third-order valence-electron chi connectivity index (χ3n) is 2.35. The number of carboxylic acid groups (broad SMARTS) is 1. The number of sulfonamides is 1. The van der Waals surface area contributed by atoms with Crippen molar-refractivity contribution in [1.82, 2.24) is 4.72 Å². The molecule has 0 unspecified atom stereocenters. The maximum Gasteiger partial charge on any atom is 0.328 e. The van der Waals surface area contributed by atoms with Crippen LogP contribution in [-0.2, 0) is 21.4 Å². The van der Waals surface area contributed by atoms with Crippen molar-refractivity contribution in [3.8, 4) is 0 Å². The molecule has 7 heteroatoms. The van der Waals surface area contributed by atoms with Crippen molar-refractivity contribution in [3.05, 3.63) is 41.2 Å². The highest BCUT2D eigenvalue weighted by atomic mass is 32.2. The number of carboxylic acids is 1. The summed E-state index contributed by atoms with van der Waals surface area (Å²) in [6, 6.07) is 3.97. The molecule has 0 saturated heterocycles. The minimum Gasteiger partial charge on any atom is -0.478 e. The van der Waals surface area contributed by atoms with E-state index in [4.69, 9.17) is 5.11 Å². The van der Waals surface area contributed by atoms with E-state index in [1.165, 1.54) is 25.1 Å². The summed E-state index contributed by atoms with van der Waals surface area (Å²) in [5.41, 5.74) is 0.638. The highest BCUT2D eigenvalue weighted by Gasteiger charge is 2.09. The number of carbonyl (C=O) groups is 1. The van der Waals surface area contributed by atoms with Gasteiger partial charge in [-0.3, -0.25) is 0 Å². The molecule has 0 amide bonds. The van der Waals surface area contributed by atoms with Crippen LogP contribution in [0.3, 0.4) is 0 Å².